The Balaban J connectivity index is 2.57. The van der Waals surface area contributed by atoms with Crippen molar-refractivity contribution < 1.29 is 0 Å². The molecule has 1 heterocycles. The molecule has 0 aliphatic heterocycles. The summed E-state index contributed by atoms with van der Waals surface area (Å²) in [7, 11) is 0. The highest BCUT2D eigenvalue weighted by atomic mass is 79.9. The number of rotatable bonds is 1. The number of aromatic nitrogens is 3. The SMILES string of the molecule is Brc1ccc(Br)c(-n2ccnn2)c1. The molecule has 0 fully saturated rings. The molecule has 66 valence electrons. The van der Waals surface area contributed by atoms with Crippen LogP contribution in [0.2, 0.25) is 0 Å². The first-order valence-electron chi connectivity index (χ1n) is 3.59. The van der Waals surface area contributed by atoms with Gasteiger partial charge in [-0.1, -0.05) is 21.1 Å². The first kappa shape index (κ1) is 8.90. The summed E-state index contributed by atoms with van der Waals surface area (Å²) in [5.74, 6) is 0. The third-order valence-electron chi connectivity index (χ3n) is 1.58. The van der Waals surface area contributed by atoms with Crippen LogP contribution in [0.25, 0.3) is 5.69 Å². The van der Waals surface area contributed by atoms with Crippen LogP contribution in [0.15, 0.2) is 39.5 Å². The Morgan fingerprint density at radius 2 is 2.08 bits per heavy atom. The first-order valence-corrected chi connectivity index (χ1v) is 5.18. The van der Waals surface area contributed by atoms with Crippen LogP contribution in [0.5, 0.6) is 0 Å². The fourth-order valence-corrected chi connectivity index (χ4v) is 1.78. The van der Waals surface area contributed by atoms with E-state index in [1.54, 1.807) is 17.1 Å². The van der Waals surface area contributed by atoms with Gasteiger partial charge in [0.05, 0.1) is 18.1 Å². The van der Waals surface area contributed by atoms with Gasteiger partial charge in [-0.2, -0.15) is 0 Å². The van der Waals surface area contributed by atoms with Crippen LogP contribution in [0.1, 0.15) is 0 Å². The molecule has 0 saturated heterocycles. The molecule has 1 aromatic carbocycles. The van der Waals surface area contributed by atoms with Crippen molar-refractivity contribution in [2.45, 2.75) is 0 Å². The maximum atomic E-state index is 3.90. The van der Waals surface area contributed by atoms with E-state index in [9.17, 15) is 0 Å². The van der Waals surface area contributed by atoms with E-state index in [1.165, 1.54) is 0 Å². The summed E-state index contributed by atoms with van der Waals surface area (Å²) in [6.45, 7) is 0. The molecule has 5 heteroatoms. The van der Waals surface area contributed by atoms with E-state index >= 15 is 0 Å². The van der Waals surface area contributed by atoms with Gasteiger partial charge < -0.3 is 0 Å². The summed E-state index contributed by atoms with van der Waals surface area (Å²) >= 11 is 6.84. The lowest BCUT2D eigenvalue weighted by molar-refractivity contribution is 0.800. The predicted octanol–water partition coefficient (Wildman–Crippen LogP) is 2.79. The molecule has 0 bridgehead atoms. The highest BCUT2D eigenvalue weighted by Crippen LogP contribution is 2.23. The van der Waals surface area contributed by atoms with Crippen LogP contribution in [0.3, 0.4) is 0 Å². The minimum atomic E-state index is 0.965. The van der Waals surface area contributed by atoms with Crippen molar-refractivity contribution in [3.8, 4) is 5.69 Å². The Labute approximate surface area is 92.0 Å². The van der Waals surface area contributed by atoms with Gasteiger partial charge in [-0.3, -0.25) is 0 Å². The molecule has 2 rings (SSSR count). The lowest BCUT2D eigenvalue weighted by atomic mass is 10.3. The maximum absolute atomic E-state index is 3.90. The predicted molar refractivity (Wildman–Crippen MR) is 56.8 cm³/mol. The molecule has 0 aliphatic carbocycles. The summed E-state index contributed by atoms with van der Waals surface area (Å²) < 4.78 is 3.71. The van der Waals surface area contributed by atoms with Crippen LogP contribution >= 0.6 is 31.9 Å². The number of halogens is 2. The molecular formula is C8H5Br2N3. The van der Waals surface area contributed by atoms with Crippen LogP contribution in [-0.2, 0) is 0 Å². The van der Waals surface area contributed by atoms with Gasteiger partial charge in [-0.15, -0.1) is 5.10 Å². The van der Waals surface area contributed by atoms with Crippen LogP contribution in [0.4, 0.5) is 0 Å². The average molecular weight is 303 g/mol. The first-order chi connectivity index (χ1) is 6.27. The van der Waals surface area contributed by atoms with Crippen molar-refractivity contribution >= 4 is 31.9 Å². The maximum Gasteiger partial charge on any atom is 0.0816 e. The molecule has 1 aromatic heterocycles. The second-order valence-electron chi connectivity index (χ2n) is 2.44. The lowest BCUT2D eigenvalue weighted by Crippen LogP contribution is -1.95. The fourth-order valence-electron chi connectivity index (χ4n) is 0.998. The molecule has 0 unspecified atom stereocenters. The quantitative estimate of drug-likeness (QED) is 0.811. The minimum Gasteiger partial charge on any atom is -0.220 e. The Morgan fingerprint density at radius 3 is 2.77 bits per heavy atom. The van der Waals surface area contributed by atoms with Gasteiger partial charge in [-0.25, -0.2) is 4.68 Å². The van der Waals surface area contributed by atoms with E-state index in [1.807, 2.05) is 18.2 Å². The van der Waals surface area contributed by atoms with Crippen LogP contribution in [0, 0.1) is 0 Å². The zero-order valence-electron chi connectivity index (χ0n) is 6.48. The normalized spacial score (nSPS) is 10.3. The second-order valence-corrected chi connectivity index (χ2v) is 4.21. The fraction of sp³-hybridized carbons (Fsp3) is 0. The number of benzene rings is 1. The summed E-state index contributed by atoms with van der Waals surface area (Å²) in [6.07, 6.45) is 3.44. The van der Waals surface area contributed by atoms with Gasteiger partial charge in [0, 0.05) is 8.95 Å². The molecule has 0 atom stereocenters. The van der Waals surface area contributed by atoms with Crippen molar-refractivity contribution in [2.75, 3.05) is 0 Å². The largest absolute Gasteiger partial charge is 0.220 e. The van der Waals surface area contributed by atoms with E-state index in [0.29, 0.717) is 0 Å². The molecule has 13 heavy (non-hydrogen) atoms. The van der Waals surface area contributed by atoms with Crippen molar-refractivity contribution in [3.05, 3.63) is 39.5 Å². The molecule has 0 amide bonds. The third kappa shape index (κ3) is 1.81. The van der Waals surface area contributed by atoms with Crippen LogP contribution < -0.4 is 0 Å². The Bertz CT molecular complexity index is 411. The average Bonchev–Trinajstić information content (AvgIpc) is 2.61. The summed E-state index contributed by atoms with van der Waals surface area (Å²) in [5.41, 5.74) is 0.965. The van der Waals surface area contributed by atoms with Crippen LogP contribution in [-0.4, -0.2) is 15.0 Å². The van der Waals surface area contributed by atoms with E-state index in [-0.39, 0.29) is 0 Å². The van der Waals surface area contributed by atoms with E-state index in [0.717, 1.165) is 14.6 Å². The van der Waals surface area contributed by atoms with Gasteiger partial charge >= 0.3 is 0 Å². The smallest absolute Gasteiger partial charge is 0.0816 e. The highest BCUT2D eigenvalue weighted by Gasteiger charge is 2.02. The monoisotopic (exact) mass is 301 g/mol. The van der Waals surface area contributed by atoms with E-state index in [4.69, 9.17) is 0 Å². The van der Waals surface area contributed by atoms with Crippen molar-refractivity contribution in [3.63, 3.8) is 0 Å². The Morgan fingerprint density at radius 1 is 1.23 bits per heavy atom. The summed E-state index contributed by atoms with van der Waals surface area (Å²) in [4.78, 5) is 0. The van der Waals surface area contributed by atoms with Crippen molar-refractivity contribution in [2.24, 2.45) is 0 Å². The third-order valence-corrected chi connectivity index (χ3v) is 2.74. The number of nitrogens with zero attached hydrogens (tertiary/aromatic N) is 3. The minimum absolute atomic E-state index is 0.965. The van der Waals surface area contributed by atoms with Gasteiger partial charge in [0.2, 0.25) is 0 Å². The highest BCUT2D eigenvalue weighted by molar-refractivity contribution is 9.11. The van der Waals surface area contributed by atoms with Crippen molar-refractivity contribution in [1.82, 2.24) is 15.0 Å². The molecule has 0 spiro atoms. The van der Waals surface area contributed by atoms with Gasteiger partial charge in [0.25, 0.3) is 0 Å². The summed E-state index contributed by atoms with van der Waals surface area (Å²) in [5, 5.41) is 7.65. The zero-order valence-corrected chi connectivity index (χ0v) is 9.66. The van der Waals surface area contributed by atoms with E-state index < -0.39 is 0 Å². The van der Waals surface area contributed by atoms with Gasteiger partial charge in [0.15, 0.2) is 0 Å². The zero-order chi connectivity index (χ0) is 9.26. The second kappa shape index (κ2) is 3.59. The molecule has 0 saturated carbocycles. The summed E-state index contributed by atoms with van der Waals surface area (Å²) in [6, 6.07) is 5.89. The Kier molecular flexibility index (Phi) is 2.46. The number of hydrogen-bond acceptors (Lipinski definition) is 2. The standard InChI is InChI=1S/C8H5Br2N3/c9-6-1-2-7(10)8(5-6)13-4-3-11-12-13/h1-5H. The topological polar surface area (TPSA) is 30.7 Å². The lowest BCUT2D eigenvalue weighted by Gasteiger charge is -2.03. The molecule has 3 nitrogen and oxygen atoms in total. The molecule has 0 N–H and O–H groups in total. The van der Waals surface area contributed by atoms with E-state index in [2.05, 4.69) is 42.2 Å². The molecular weight excluding hydrogens is 298 g/mol. The van der Waals surface area contributed by atoms with Gasteiger partial charge in [-0.05, 0) is 34.1 Å². The Hall–Kier alpha value is -0.680. The van der Waals surface area contributed by atoms with Crippen molar-refractivity contribution in [1.29, 1.82) is 0 Å². The number of hydrogen-bond donors (Lipinski definition) is 0. The molecule has 0 radical (unpaired) electrons. The molecule has 2 aromatic rings. The van der Waals surface area contributed by atoms with Gasteiger partial charge in [0.1, 0.15) is 0 Å². The molecule has 0 aliphatic rings.